The van der Waals surface area contributed by atoms with Crippen LogP contribution in [0.5, 0.6) is 0 Å². The Bertz CT molecular complexity index is 662. The number of carbonyl (C=O) groups is 2. The molecule has 0 radical (unpaired) electrons. The third-order valence-electron chi connectivity index (χ3n) is 4.37. The lowest BCUT2D eigenvalue weighted by molar-refractivity contribution is -0.152. The van der Waals surface area contributed by atoms with Crippen molar-refractivity contribution in [2.24, 2.45) is 5.41 Å². The summed E-state index contributed by atoms with van der Waals surface area (Å²) in [6.07, 6.45) is 0.595. The third-order valence-corrected chi connectivity index (χ3v) is 4.96. The largest absolute Gasteiger partial charge is 0.481 e. The molecule has 2 rings (SSSR count). The first-order valence-corrected chi connectivity index (χ1v) is 8.93. The van der Waals surface area contributed by atoms with Crippen molar-refractivity contribution in [3.8, 4) is 0 Å². The van der Waals surface area contributed by atoms with Crippen LogP contribution in [0.1, 0.15) is 39.2 Å². The number of benzene rings is 1. The molecule has 1 fully saturated rings. The van der Waals surface area contributed by atoms with Crippen LogP contribution in [-0.4, -0.2) is 40.8 Å². The van der Waals surface area contributed by atoms with Crippen LogP contribution in [0.15, 0.2) is 18.2 Å². The van der Waals surface area contributed by atoms with Gasteiger partial charge in [-0.3, -0.25) is 4.79 Å². The second kappa shape index (κ2) is 7.42. The molecule has 1 aromatic rings. The highest BCUT2D eigenvalue weighted by atomic mass is 35.5. The lowest BCUT2D eigenvalue weighted by atomic mass is 9.74. The molecule has 0 atom stereocenters. The number of hydrogen-bond donors (Lipinski definition) is 1. The van der Waals surface area contributed by atoms with E-state index in [1.54, 1.807) is 43.9 Å². The van der Waals surface area contributed by atoms with Crippen molar-refractivity contribution in [3.63, 3.8) is 0 Å². The van der Waals surface area contributed by atoms with E-state index < -0.39 is 23.1 Å². The van der Waals surface area contributed by atoms with E-state index in [9.17, 15) is 14.7 Å². The Kier molecular flexibility index (Phi) is 5.89. The number of amides is 1. The summed E-state index contributed by atoms with van der Waals surface area (Å²) < 4.78 is 5.36. The van der Waals surface area contributed by atoms with E-state index in [2.05, 4.69) is 0 Å². The van der Waals surface area contributed by atoms with Crippen molar-refractivity contribution >= 4 is 35.3 Å². The van der Waals surface area contributed by atoms with E-state index in [4.69, 9.17) is 27.9 Å². The molecular formula is C18H23Cl2NO4. The minimum Gasteiger partial charge on any atom is -0.481 e. The Hall–Kier alpha value is -1.46. The number of carbonyl (C=O) groups excluding carboxylic acids is 1. The lowest BCUT2D eigenvalue weighted by Crippen LogP contribution is -2.48. The Morgan fingerprint density at radius 3 is 2.32 bits per heavy atom. The van der Waals surface area contributed by atoms with Crippen molar-refractivity contribution < 1.29 is 19.4 Å². The number of rotatable bonds is 3. The van der Waals surface area contributed by atoms with Gasteiger partial charge in [0.25, 0.3) is 0 Å². The monoisotopic (exact) mass is 387 g/mol. The van der Waals surface area contributed by atoms with Crippen LogP contribution in [0.25, 0.3) is 0 Å². The van der Waals surface area contributed by atoms with Crippen molar-refractivity contribution in [3.05, 3.63) is 33.8 Å². The normalized spacial score (nSPS) is 17.2. The van der Waals surface area contributed by atoms with E-state index in [0.717, 1.165) is 5.56 Å². The van der Waals surface area contributed by atoms with Gasteiger partial charge in [0.2, 0.25) is 0 Å². The fourth-order valence-electron chi connectivity index (χ4n) is 2.94. The van der Waals surface area contributed by atoms with Crippen LogP contribution in [0, 0.1) is 5.41 Å². The Labute approximate surface area is 157 Å². The molecule has 0 aliphatic carbocycles. The molecule has 1 heterocycles. The van der Waals surface area contributed by atoms with Crippen molar-refractivity contribution in [2.45, 2.75) is 45.6 Å². The zero-order valence-corrected chi connectivity index (χ0v) is 16.2. The summed E-state index contributed by atoms with van der Waals surface area (Å²) in [5.41, 5.74) is -0.773. The number of hydrogen-bond acceptors (Lipinski definition) is 3. The van der Waals surface area contributed by atoms with E-state index in [1.165, 1.54) is 0 Å². The van der Waals surface area contributed by atoms with E-state index in [0.29, 0.717) is 42.4 Å². The molecule has 7 heteroatoms. The molecule has 1 aliphatic heterocycles. The predicted molar refractivity (Wildman–Crippen MR) is 97.3 cm³/mol. The molecule has 1 saturated heterocycles. The molecule has 5 nitrogen and oxygen atoms in total. The fraction of sp³-hybridized carbons (Fsp3) is 0.556. The molecule has 1 N–H and O–H groups in total. The van der Waals surface area contributed by atoms with Gasteiger partial charge < -0.3 is 14.7 Å². The highest BCUT2D eigenvalue weighted by Gasteiger charge is 2.43. The number of carboxylic acids is 1. The zero-order valence-electron chi connectivity index (χ0n) is 14.6. The number of piperidine rings is 1. The maximum atomic E-state index is 12.2. The van der Waals surface area contributed by atoms with Crippen LogP contribution in [0.4, 0.5) is 4.79 Å². The molecule has 1 aromatic carbocycles. The van der Waals surface area contributed by atoms with Crippen LogP contribution in [0.2, 0.25) is 10.0 Å². The van der Waals surface area contributed by atoms with Crippen LogP contribution in [0.3, 0.4) is 0 Å². The average molecular weight is 388 g/mol. The van der Waals surface area contributed by atoms with Crippen molar-refractivity contribution in [2.75, 3.05) is 13.1 Å². The van der Waals surface area contributed by atoms with Gasteiger partial charge in [0.05, 0.1) is 5.41 Å². The zero-order chi connectivity index (χ0) is 18.8. The first-order chi connectivity index (χ1) is 11.5. The van der Waals surface area contributed by atoms with Gasteiger partial charge in [-0.15, -0.1) is 0 Å². The van der Waals surface area contributed by atoms with Gasteiger partial charge in [-0.05, 0) is 57.7 Å². The Balaban J connectivity index is 2.10. The SMILES string of the molecule is CC(C)(C)OC(=O)N1CCC(Cc2ccc(Cl)cc2Cl)(C(=O)O)CC1. The number of nitrogens with zero attached hydrogens (tertiary/aromatic N) is 1. The molecule has 0 bridgehead atoms. The van der Waals surface area contributed by atoms with Gasteiger partial charge >= 0.3 is 12.1 Å². The minimum atomic E-state index is -0.948. The van der Waals surface area contributed by atoms with E-state index >= 15 is 0 Å². The van der Waals surface area contributed by atoms with Crippen LogP contribution in [-0.2, 0) is 16.0 Å². The average Bonchev–Trinajstić information content (AvgIpc) is 2.49. The molecule has 0 unspecified atom stereocenters. The second-order valence-corrected chi connectivity index (χ2v) is 8.31. The summed E-state index contributed by atoms with van der Waals surface area (Å²) in [5, 5.41) is 10.8. The topological polar surface area (TPSA) is 66.8 Å². The maximum absolute atomic E-state index is 12.2. The summed E-state index contributed by atoms with van der Waals surface area (Å²) in [5.74, 6) is -0.873. The Morgan fingerprint density at radius 2 is 1.84 bits per heavy atom. The molecule has 1 amide bonds. The predicted octanol–water partition coefficient (Wildman–Crippen LogP) is 4.64. The summed E-state index contributed by atoms with van der Waals surface area (Å²) in [4.78, 5) is 25.7. The molecular weight excluding hydrogens is 365 g/mol. The summed E-state index contributed by atoms with van der Waals surface area (Å²) >= 11 is 12.1. The molecule has 0 saturated carbocycles. The van der Waals surface area contributed by atoms with E-state index in [1.807, 2.05) is 0 Å². The molecule has 1 aliphatic rings. The highest BCUT2D eigenvalue weighted by Crippen LogP contribution is 2.38. The summed E-state index contributed by atoms with van der Waals surface area (Å²) in [7, 11) is 0. The van der Waals surface area contributed by atoms with Crippen LogP contribution < -0.4 is 0 Å². The van der Waals surface area contributed by atoms with Gasteiger partial charge in [-0.25, -0.2) is 4.79 Å². The second-order valence-electron chi connectivity index (χ2n) is 7.47. The van der Waals surface area contributed by atoms with Crippen molar-refractivity contribution in [1.29, 1.82) is 0 Å². The van der Waals surface area contributed by atoms with Gasteiger partial charge in [0.1, 0.15) is 5.60 Å². The van der Waals surface area contributed by atoms with Gasteiger partial charge in [-0.2, -0.15) is 0 Å². The van der Waals surface area contributed by atoms with Gasteiger partial charge in [0, 0.05) is 23.1 Å². The smallest absolute Gasteiger partial charge is 0.410 e. The number of likely N-dealkylation sites (tertiary alicyclic amines) is 1. The van der Waals surface area contributed by atoms with Crippen molar-refractivity contribution in [1.82, 2.24) is 4.90 Å². The number of aliphatic carboxylic acids is 1. The maximum Gasteiger partial charge on any atom is 0.410 e. The fourth-order valence-corrected chi connectivity index (χ4v) is 3.41. The van der Waals surface area contributed by atoms with Gasteiger partial charge in [-0.1, -0.05) is 29.3 Å². The first kappa shape index (κ1) is 19.9. The minimum absolute atomic E-state index is 0.306. The van der Waals surface area contributed by atoms with E-state index in [-0.39, 0.29) is 0 Å². The third kappa shape index (κ3) is 5.02. The molecule has 0 aromatic heterocycles. The van der Waals surface area contributed by atoms with Gasteiger partial charge in [0.15, 0.2) is 0 Å². The quantitative estimate of drug-likeness (QED) is 0.819. The number of carboxylic acid groups (broad SMARTS) is 1. The number of halogens is 2. The first-order valence-electron chi connectivity index (χ1n) is 8.18. The molecule has 25 heavy (non-hydrogen) atoms. The number of ether oxygens (including phenoxy) is 1. The Morgan fingerprint density at radius 1 is 1.24 bits per heavy atom. The highest BCUT2D eigenvalue weighted by molar-refractivity contribution is 6.35. The summed E-state index contributed by atoms with van der Waals surface area (Å²) in [6, 6.07) is 5.08. The standard InChI is InChI=1S/C18H23Cl2NO4/c1-17(2,3)25-16(24)21-8-6-18(7-9-21,15(22)23)11-12-4-5-13(19)10-14(12)20/h4-5,10H,6-9,11H2,1-3H3,(H,22,23). The summed E-state index contributed by atoms with van der Waals surface area (Å²) in [6.45, 7) is 6.09. The molecule has 138 valence electrons. The van der Waals surface area contributed by atoms with Crippen LogP contribution >= 0.6 is 23.2 Å². The lowest BCUT2D eigenvalue weighted by Gasteiger charge is -2.39. The molecule has 0 spiro atoms.